The largest absolute Gasteiger partial charge is 0.478 e. The van der Waals surface area contributed by atoms with Gasteiger partial charge in [-0.2, -0.15) is 4.98 Å². The van der Waals surface area contributed by atoms with E-state index in [1.54, 1.807) is 0 Å². The first-order valence-electron chi connectivity index (χ1n) is 18.7. The van der Waals surface area contributed by atoms with Gasteiger partial charge in [0.1, 0.15) is 12.4 Å². The van der Waals surface area contributed by atoms with Gasteiger partial charge in [0.15, 0.2) is 0 Å². The molecule has 0 radical (unpaired) electrons. The van der Waals surface area contributed by atoms with Crippen molar-refractivity contribution in [2.75, 3.05) is 29.3 Å². The van der Waals surface area contributed by atoms with Crippen molar-refractivity contribution in [2.45, 2.75) is 105 Å². The molecule has 5 rings (SSSR count). The number of aryl methyl sites for hydroxylation is 1. The Hall–Kier alpha value is -4.66. The standard InChI is InChI=1S/C41H55N7O6S/c1-26(2)53-23-30-14-10-12-27(3)35(30)36-28(4)37(46-39(45-36)47-55(51,52)33-15-11-13-29(18-33)38(49)50)54-24-31(19-40(5,6)7)42-22-34-43-20-32(21-44-34)48-17-16-41(8,9)25-48/h10-15,18,20-21,26,31,42H,16-17,19,22-25H2,1-9H3,(H,49,50)(H,45,46,47)/t31-/m1/s1. The first kappa shape index (κ1) is 41.5. The molecule has 0 spiro atoms. The summed E-state index contributed by atoms with van der Waals surface area (Å²) < 4.78 is 42.2. The number of sulfonamides is 1. The normalized spacial score (nSPS) is 15.0. The van der Waals surface area contributed by atoms with Crippen molar-refractivity contribution in [3.63, 3.8) is 0 Å². The van der Waals surface area contributed by atoms with Gasteiger partial charge in [-0.15, -0.1) is 0 Å². The Labute approximate surface area is 325 Å². The van der Waals surface area contributed by atoms with Crippen molar-refractivity contribution < 1.29 is 27.8 Å². The third-order valence-corrected chi connectivity index (χ3v) is 10.8. The molecule has 0 amide bonds. The van der Waals surface area contributed by atoms with E-state index in [0.29, 0.717) is 30.2 Å². The van der Waals surface area contributed by atoms with E-state index in [2.05, 4.69) is 64.5 Å². The van der Waals surface area contributed by atoms with Gasteiger partial charge in [-0.05, 0) is 80.7 Å². The molecule has 3 heterocycles. The second kappa shape index (κ2) is 17.0. The summed E-state index contributed by atoms with van der Waals surface area (Å²) in [6.07, 6.45) is 5.64. The monoisotopic (exact) mass is 773 g/mol. The van der Waals surface area contributed by atoms with Gasteiger partial charge in [0.2, 0.25) is 11.8 Å². The lowest BCUT2D eigenvalue weighted by molar-refractivity contribution is 0.0659. The highest BCUT2D eigenvalue weighted by Gasteiger charge is 2.30. The molecule has 0 saturated carbocycles. The number of hydrogen-bond donors (Lipinski definition) is 3. The molecule has 2 aromatic heterocycles. The topological polar surface area (TPSA) is 169 Å². The van der Waals surface area contributed by atoms with Crippen molar-refractivity contribution in [3.05, 3.63) is 82.9 Å². The zero-order valence-electron chi connectivity index (χ0n) is 33.4. The smallest absolute Gasteiger partial charge is 0.335 e. The molecule has 1 fully saturated rings. The molecule has 1 saturated heterocycles. The van der Waals surface area contributed by atoms with Gasteiger partial charge in [0.05, 0.1) is 53.5 Å². The lowest BCUT2D eigenvalue weighted by atomic mass is 9.88. The molecule has 3 N–H and O–H groups in total. The fourth-order valence-electron chi connectivity index (χ4n) is 6.62. The van der Waals surface area contributed by atoms with Gasteiger partial charge in [-0.25, -0.2) is 32.9 Å². The molecule has 0 aliphatic carbocycles. The third-order valence-electron chi connectivity index (χ3n) is 9.45. The molecule has 2 aromatic carbocycles. The Morgan fingerprint density at radius 2 is 1.76 bits per heavy atom. The van der Waals surface area contributed by atoms with Crippen LogP contribution in [0.15, 0.2) is 59.8 Å². The van der Waals surface area contributed by atoms with Crippen molar-refractivity contribution in [1.29, 1.82) is 0 Å². The van der Waals surface area contributed by atoms with E-state index in [-0.39, 0.29) is 51.9 Å². The fourth-order valence-corrected chi connectivity index (χ4v) is 7.61. The highest BCUT2D eigenvalue weighted by molar-refractivity contribution is 7.92. The average molecular weight is 774 g/mol. The number of anilines is 2. The van der Waals surface area contributed by atoms with Gasteiger partial charge in [0, 0.05) is 30.3 Å². The molecule has 1 aliphatic rings. The molecule has 0 unspecified atom stereocenters. The SMILES string of the molecule is Cc1cccc(COC(C)C)c1-c1nc(NS(=O)(=O)c2cccc(C(=O)O)c2)nc(OC[C@@H](CC(C)(C)C)NCc2ncc(N3CCC(C)(C)C3)cn2)c1C. The van der Waals surface area contributed by atoms with Crippen molar-refractivity contribution in [2.24, 2.45) is 10.8 Å². The van der Waals surface area contributed by atoms with Crippen LogP contribution in [0.1, 0.15) is 94.2 Å². The van der Waals surface area contributed by atoms with Crippen LogP contribution in [0.3, 0.4) is 0 Å². The summed E-state index contributed by atoms with van der Waals surface area (Å²) in [7, 11) is -4.30. The molecule has 1 atom stereocenters. The van der Waals surface area contributed by atoms with Gasteiger partial charge in [0.25, 0.3) is 10.0 Å². The molecule has 4 aromatic rings. The zero-order valence-corrected chi connectivity index (χ0v) is 34.2. The third kappa shape index (κ3) is 11.2. The summed E-state index contributed by atoms with van der Waals surface area (Å²) >= 11 is 0. The maximum Gasteiger partial charge on any atom is 0.335 e. The van der Waals surface area contributed by atoms with Crippen molar-refractivity contribution in [3.8, 4) is 17.1 Å². The maximum atomic E-state index is 13.6. The molecule has 0 bridgehead atoms. The van der Waals surface area contributed by atoms with Gasteiger partial charge in [-0.3, -0.25) is 0 Å². The van der Waals surface area contributed by atoms with E-state index in [9.17, 15) is 18.3 Å². The van der Waals surface area contributed by atoms with Crippen LogP contribution in [0.2, 0.25) is 0 Å². The minimum atomic E-state index is -4.30. The Kier molecular flexibility index (Phi) is 12.8. The first-order chi connectivity index (χ1) is 25.8. The number of benzene rings is 2. The van der Waals surface area contributed by atoms with E-state index in [0.717, 1.165) is 54.4 Å². The van der Waals surface area contributed by atoms with Crippen LogP contribution in [0.4, 0.5) is 11.6 Å². The highest BCUT2D eigenvalue weighted by atomic mass is 32.2. The summed E-state index contributed by atoms with van der Waals surface area (Å²) in [5.74, 6) is -0.590. The van der Waals surface area contributed by atoms with E-state index in [1.807, 2.05) is 58.3 Å². The summed E-state index contributed by atoms with van der Waals surface area (Å²) in [6.45, 7) is 21.7. The number of carboxylic acid groups (broad SMARTS) is 1. The number of nitrogens with zero attached hydrogens (tertiary/aromatic N) is 5. The second-order valence-corrected chi connectivity index (χ2v) is 18.3. The van der Waals surface area contributed by atoms with Crippen molar-refractivity contribution >= 4 is 27.6 Å². The van der Waals surface area contributed by atoms with E-state index in [4.69, 9.17) is 14.5 Å². The van der Waals surface area contributed by atoms with Crippen LogP contribution in [0.25, 0.3) is 11.3 Å². The first-order valence-corrected chi connectivity index (χ1v) is 20.2. The van der Waals surface area contributed by atoms with Crippen LogP contribution < -0.4 is 19.7 Å². The predicted molar refractivity (Wildman–Crippen MR) is 214 cm³/mol. The minimum Gasteiger partial charge on any atom is -0.478 e. The zero-order chi connectivity index (χ0) is 40.1. The van der Waals surface area contributed by atoms with E-state index < -0.39 is 16.0 Å². The number of rotatable bonds is 16. The van der Waals surface area contributed by atoms with Crippen LogP contribution in [-0.2, 0) is 27.9 Å². The molecule has 55 heavy (non-hydrogen) atoms. The van der Waals surface area contributed by atoms with Gasteiger partial charge < -0.3 is 24.8 Å². The number of nitrogens with one attached hydrogen (secondary N) is 2. The Morgan fingerprint density at radius 3 is 2.40 bits per heavy atom. The number of aromatic nitrogens is 4. The average Bonchev–Trinajstić information content (AvgIpc) is 3.48. The Balaban J connectivity index is 1.45. The van der Waals surface area contributed by atoms with E-state index >= 15 is 0 Å². The lowest BCUT2D eigenvalue weighted by Crippen LogP contribution is -2.38. The Morgan fingerprint density at radius 1 is 1.05 bits per heavy atom. The number of ether oxygens (including phenoxy) is 2. The maximum absolute atomic E-state index is 13.6. The molecule has 14 heteroatoms. The molecule has 1 aliphatic heterocycles. The highest BCUT2D eigenvalue weighted by Crippen LogP contribution is 2.35. The summed E-state index contributed by atoms with van der Waals surface area (Å²) in [5.41, 5.74) is 4.73. The predicted octanol–water partition coefficient (Wildman–Crippen LogP) is 7.18. The van der Waals surface area contributed by atoms with Crippen LogP contribution in [-0.4, -0.2) is 71.3 Å². The quantitative estimate of drug-likeness (QED) is 0.105. The summed E-state index contributed by atoms with van der Waals surface area (Å²) in [6, 6.07) is 10.8. The van der Waals surface area contributed by atoms with Gasteiger partial charge >= 0.3 is 5.97 Å². The second-order valence-electron chi connectivity index (χ2n) is 16.6. The molecular formula is C41H55N7O6S. The van der Waals surface area contributed by atoms with Crippen molar-refractivity contribution in [1.82, 2.24) is 25.3 Å². The molecule has 13 nitrogen and oxygen atoms in total. The fraction of sp³-hybridized carbons (Fsp3) is 0.488. The van der Waals surface area contributed by atoms with Crippen LogP contribution in [0.5, 0.6) is 5.88 Å². The molecule has 296 valence electrons. The molecular weight excluding hydrogens is 719 g/mol. The van der Waals surface area contributed by atoms with Gasteiger partial charge in [-0.1, -0.05) is 58.9 Å². The summed E-state index contributed by atoms with van der Waals surface area (Å²) in [5, 5.41) is 13.1. The lowest BCUT2D eigenvalue weighted by Gasteiger charge is -2.27. The van der Waals surface area contributed by atoms with Crippen LogP contribution in [0, 0.1) is 24.7 Å². The number of hydrogen-bond acceptors (Lipinski definition) is 11. The number of carbonyl (C=O) groups is 1. The van der Waals surface area contributed by atoms with E-state index in [1.165, 1.54) is 18.2 Å². The summed E-state index contributed by atoms with van der Waals surface area (Å²) in [4.78, 5) is 32.3. The number of aromatic carboxylic acids is 1. The number of carboxylic acids is 1. The minimum absolute atomic E-state index is 0.0178. The Bertz CT molecular complexity index is 2080. The van der Waals surface area contributed by atoms with Crippen LogP contribution >= 0.6 is 0 Å².